The lowest BCUT2D eigenvalue weighted by atomic mass is 9.77. The van der Waals surface area contributed by atoms with Gasteiger partial charge < -0.3 is 10.0 Å². The molecule has 19 heavy (non-hydrogen) atoms. The van der Waals surface area contributed by atoms with Crippen LogP contribution in [0.2, 0.25) is 4.34 Å². The Morgan fingerprint density at radius 1 is 1.16 bits per heavy atom. The van der Waals surface area contributed by atoms with E-state index in [0.29, 0.717) is 12.0 Å². The van der Waals surface area contributed by atoms with E-state index < -0.39 is 7.12 Å². The van der Waals surface area contributed by atoms with Gasteiger partial charge in [-0.15, -0.1) is 11.3 Å². The third-order valence-electron chi connectivity index (χ3n) is 2.83. The standard InChI is InChI=1S/C13H15BClNO2S/c1-16(9-11-6-7-13(15)19-11)8-10-4-2-3-5-12(10)14(17)18/h2-7,17-18H,8-9H2,1H3. The van der Waals surface area contributed by atoms with Crippen molar-refractivity contribution in [2.45, 2.75) is 13.1 Å². The molecule has 1 heterocycles. The second-order valence-corrected chi connectivity index (χ2v) is 6.25. The maximum atomic E-state index is 9.33. The van der Waals surface area contributed by atoms with Gasteiger partial charge in [0.1, 0.15) is 0 Å². The van der Waals surface area contributed by atoms with Crippen LogP contribution in [0.1, 0.15) is 10.4 Å². The minimum atomic E-state index is -1.43. The second-order valence-electron chi connectivity index (χ2n) is 4.45. The van der Waals surface area contributed by atoms with Gasteiger partial charge in [0.15, 0.2) is 0 Å². The van der Waals surface area contributed by atoms with Crippen molar-refractivity contribution in [2.75, 3.05) is 7.05 Å². The number of thiophene rings is 1. The number of nitrogens with zero attached hydrogens (tertiary/aromatic N) is 1. The van der Waals surface area contributed by atoms with E-state index in [2.05, 4.69) is 4.90 Å². The van der Waals surface area contributed by atoms with Crippen molar-refractivity contribution in [1.29, 1.82) is 0 Å². The molecule has 1 aromatic carbocycles. The summed E-state index contributed by atoms with van der Waals surface area (Å²) in [5.41, 5.74) is 1.47. The minimum absolute atomic E-state index is 0.554. The summed E-state index contributed by atoms with van der Waals surface area (Å²) in [5.74, 6) is 0. The largest absolute Gasteiger partial charge is 0.488 e. The van der Waals surface area contributed by atoms with E-state index in [1.165, 1.54) is 4.88 Å². The zero-order valence-corrected chi connectivity index (χ0v) is 12.2. The molecule has 100 valence electrons. The molecule has 0 bridgehead atoms. The fourth-order valence-corrected chi connectivity index (χ4v) is 3.15. The van der Waals surface area contributed by atoms with Crippen LogP contribution in [0.4, 0.5) is 0 Å². The molecule has 3 nitrogen and oxygen atoms in total. The molecule has 0 radical (unpaired) electrons. The zero-order chi connectivity index (χ0) is 13.8. The van der Waals surface area contributed by atoms with Crippen LogP contribution in [0.3, 0.4) is 0 Å². The quantitative estimate of drug-likeness (QED) is 0.826. The van der Waals surface area contributed by atoms with Gasteiger partial charge >= 0.3 is 7.12 Å². The van der Waals surface area contributed by atoms with E-state index in [0.717, 1.165) is 16.4 Å². The highest BCUT2D eigenvalue weighted by atomic mass is 35.5. The van der Waals surface area contributed by atoms with Crippen LogP contribution in [0.25, 0.3) is 0 Å². The normalized spacial score (nSPS) is 11.0. The van der Waals surface area contributed by atoms with Crippen molar-refractivity contribution >= 4 is 35.5 Å². The number of hydrogen-bond donors (Lipinski definition) is 2. The summed E-state index contributed by atoms with van der Waals surface area (Å²) in [6, 6.07) is 11.2. The number of benzene rings is 1. The Kier molecular flexibility index (Phi) is 5.02. The monoisotopic (exact) mass is 295 g/mol. The van der Waals surface area contributed by atoms with Crippen molar-refractivity contribution in [3.05, 3.63) is 51.2 Å². The van der Waals surface area contributed by atoms with Gasteiger partial charge in [-0.3, -0.25) is 4.90 Å². The maximum Gasteiger partial charge on any atom is 0.488 e. The molecule has 0 saturated carbocycles. The number of rotatable bonds is 5. The summed E-state index contributed by atoms with van der Waals surface area (Å²) < 4.78 is 0.787. The smallest absolute Gasteiger partial charge is 0.423 e. The highest BCUT2D eigenvalue weighted by Crippen LogP contribution is 2.22. The van der Waals surface area contributed by atoms with Crippen molar-refractivity contribution in [2.24, 2.45) is 0 Å². The molecule has 0 aliphatic heterocycles. The lowest BCUT2D eigenvalue weighted by Crippen LogP contribution is -2.34. The van der Waals surface area contributed by atoms with E-state index >= 15 is 0 Å². The predicted molar refractivity (Wildman–Crippen MR) is 80.8 cm³/mol. The van der Waals surface area contributed by atoms with Crippen LogP contribution in [-0.4, -0.2) is 29.1 Å². The molecular weight excluding hydrogens is 280 g/mol. The molecule has 2 rings (SSSR count). The Labute approximate surface area is 122 Å². The summed E-state index contributed by atoms with van der Waals surface area (Å²) >= 11 is 7.47. The molecule has 0 atom stereocenters. The molecule has 2 N–H and O–H groups in total. The lowest BCUT2D eigenvalue weighted by molar-refractivity contribution is 0.322. The van der Waals surface area contributed by atoms with Crippen LogP contribution in [0.15, 0.2) is 36.4 Å². The van der Waals surface area contributed by atoms with Gasteiger partial charge in [-0.2, -0.15) is 0 Å². The third kappa shape index (κ3) is 4.06. The van der Waals surface area contributed by atoms with E-state index in [1.807, 2.05) is 31.3 Å². The van der Waals surface area contributed by atoms with Gasteiger partial charge in [-0.05, 0) is 30.2 Å². The highest BCUT2D eigenvalue weighted by molar-refractivity contribution is 7.16. The van der Waals surface area contributed by atoms with Gasteiger partial charge in [0.25, 0.3) is 0 Å². The van der Waals surface area contributed by atoms with Crippen LogP contribution in [0, 0.1) is 0 Å². The SMILES string of the molecule is CN(Cc1ccc(Cl)s1)Cc1ccccc1B(O)O. The molecule has 6 heteroatoms. The first-order chi connectivity index (χ1) is 9.06. The third-order valence-corrected chi connectivity index (χ3v) is 4.04. The van der Waals surface area contributed by atoms with Gasteiger partial charge in [-0.1, -0.05) is 35.9 Å². The predicted octanol–water partition coefficient (Wildman–Crippen LogP) is 1.71. The van der Waals surface area contributed by atoms with Gasteiger partial charge in [-0.25, -0.2) is 0 Å². The van der Waals surface area contributed by atoms with Gasteiger partial charge in [0.05, 0.1) is 4.34 Å². The Morgan fingerprint density at radius 3 is 2.53 bits per heavy atom. The van der Waals surface area contributed by atoms with Crippen LogP contribution >= 0.6 is 22.9 Å². The summed E-state index contributed by atoms with van der Waals surface area (Å²) in [4.78, 5) is 3.30. The molecule has 0 unspecified atom stereocenters. The maximum absolute atomic E-state index is 9.33. The Morgan fingerprint density at radius 2 is 1.89 bits per heavy atom. The molecular formula is C13H15BClNO2S. The number of hydrogen-bond acceptors (Lipinski definition) is 4. The summed E-state index contributed by atoms with van der Waals surface area (Å²) in [5, 5.41) is 18.7. The van der Waals surface area contributed by atoms with Crippen LogP contribution < -0.4 is 5.46 Å². The summed E-state index contributed by atoms with van der Waals surface area (Å²) in [7, 11) is 0.564. The average molecular weight is 296 g/mol. The Bertz CT molecular complexity index is 547. The molecule has 0 amide bonds. The van der Waals surface area contributed by atoms with Gasteiger partial charge in [0, 0.05) is 18.0 Å². The molecule has 0 spiro atoms. The lowest BCUT2D eigenvalue weighted by Gasteiger charge is -2.18. The van der Waals surface area contributed by atoms with E-state index in [-0.39, 0.29) is 0 Å². The second kappa shape index (κ2) is 6.54. The van der Waals surface area contributed by atoms with Crippen molar-refractivity contribution in [1.82, 2.24) is 4.90 Å². The summed E-state index contributed by atoms with van der Waals surface area (Å²) in [6.45, 7) is 1.44. The van der Waals surface area contributed by atoms with E-state index in [1.54, 1.807) is 23.5 Å². The summed E-state index contributed by atoms with van der Waals surface area (Å²) in [6.07, 6.45) is 0. The van der Waals surface area contributed by atoms with Crippen molar-refractivity contribution in [3.8, 4) is 0 Å². The molecule has 2 aromatic rings. The van der Waals surface area contributed by atoms with Crippen LogP contribution in [-0.2, 0) is 13.1 Å². The highest BCUT2D eigenvalue weighted by Gasteiger charge is 2.16. The molecule has 0 aliphatic rings. The Balaban J connectivity index is 2.04. The first-order valence-corrected chi connectivity index (χ1v) is 7.12. The van der Waals surface area contributed by atoms with Crippen molar-refractivity contribution < 1.29 is 10.0 Å². The minimum Gasteiger partial charge on any atom is -0.423 e. The molecule has 0 fully saturated rings. The molecule has 0 aliphatic carbocycles. The fourth-order valence-electron chi connectivity index (χ4n) is 1.98. The van der Waals surface area contributed by atoms with E-state index in [9.17, 15) is 10.0 Å². The van der Waals surface area contributed by atoms with Gasteiger partial charge in [0.2, 0.25) is 0 Å². The van der Waals surface area contributed by atoms with Crippen LogP contribution in [0.5, 0.6) is 0 Å². The van der Waals surface area contributed by atoms with E-state index in [4.69, 9.17) is 11.6 Å². The average Bonchev–Trinajstić information content (AvgIpc) is 2.75. The topological polar surface area (TPSA) is 43.7 Å². The van der Waals surface area contributed by atoms with Crippen molar-refractivity contribution in [3.63, 3.8) is 0 Å². The fraction of sp³-hybridized carbons (Fsp3) is 0.231. The number of halogens is 1. The first-order valence-electron chi connectivity index (χ1n) is 5.93. The Hall–Kier alpha value is -0.845. The zero-order valence-electron chi connectivity index (χ0n) is 10.6. The molecule has 0 saturated heterocycles. The molecule has 1 aromatic heterocycles. The first kappa shape index (κ1) is 14.6.